The van der Waals surface area contributed by atoms with Crippen LogP contribution in [0.3, 0.4) is 0 Å². The van der Waals surface area contributed by atoms with Gasteiger partial charge in [0.15, 0.2) is 0 Å². The second-order valence-electron chi connectivity index (χ2n) is 7.01. The van der Waals surface area contributed by atoms with Crippen LogP contribution < -0.4 is 0 Å². The molecule has 1 amide bonds. The molecule has 0 spiro atoms. The zero-order valence-electron chi connectivity index (χ0n) is 14.0. The number of hydrogen-bond donors (Lipinski definition) is 1. The van der Waals surface area contributed by atoms with Crippen molar-refractivity contribution < 1.29 is 9.90 Å². The van der Waals surface area contributed by atoms with Crippen LogP contribution in [0.25, 0.3) is 0 Å². The zero-order valence-corrected chi connectivity index (χ0v) is 14.0. The van der Waals surface area contributed by atoms with Gasteiger partial charge in [-0.25, -0.2) is 9.97 Å². The van der Waals surface area contributed by atoms with Crippen LogP contribution in [0.5, 0.6) is 0 Å². The highest BCUT2D eigenvalue weighted by Crippen LogP contribution is 2.29. The molecule has 0 aliphatic carbocycles. The Morgan fingerprint density at radius 3 is 2.78 bits per heavy atom. The molecule has 2 aliphatic rings. The molecule has 1 atom stereocenters. The SMILES string of the molecule is CC(=O)N1CCC(O)(CN2CC[C@H](c3nccc(C)n3)C2)CC1. The monoisotopic (exact) mass is 318 g/mol. The van der Waals surface area contributed by atoms with E-state index < -0.39 is 5.60 Å². The van der Waals surface area contributed by atoms with Crippen molar-refractivity contribution in [3.63, 3.8) is 0 Å². The quantitative estimate of drug-likeness (QED) is 0.898. The first-order chi connectivity index (χ1) is 11.0. The number of amides is 1. The van der Waals surface area contributed by atoms with Gasteiger partial charge in [-0.1, -0.05) is 0 Å². The Kier molecular flexibility index (Phi) is 4.64. The lowest BCUT2D eigenvalue weighted by atomic mass is 9.91. The van der Waals surface area contributed by atoms with Gasteiger partial charge in [0, 0.05) is 50.9 Å². The number of hydrogen-bond acceptors (Lipinski definition) is 5. The van der Waals surface area contributed by atoms with Gasteiger partial charge in [0.1, 0.15) is 5.82 Å². The Balaban J connectivity index is 1.55. The lowest BCUT2D eigenvalue weighted by molar-refractivity contribution is -0.133. The molecule has 0 unspecified atom stereocenters. The topological polar surface area (TPSA) is 69.6 Å². The number of aromatic nitrogens is 2. The Bertz CT molecular complexity index is 569. The first kappa shape index (κ1) is 16.3. The van der Waals surface area contributed by atoms with Crippen molar-refractivity contribution in [1.82, 2.24) is 19.8 Å². The predicted octanol–water partition coefficient (Wildman–Crippen LogP) is 0.948. The minimum absolute atomic E-state index is 0.102. The van der Waals surface area contributed by atoms with Crippen LogP contribution in [0.2, 0.25) is 0 Å². The Labute approximate surface area is 137 Å². The summed E-state index contributed by atoms with van der Waals surface area (Å²) in [6.07, 6.45) is 4.19. The van der Waals surface area contributed by atoms with Crippen LogP contribution in [-0.4, -0.2) is 69.1 Å². The molecular formula is C17H26N4O2. The molecule has 0 saturated carbocycles. The van der Waals surface area contributed by atoms with E-state index in [1.807, 2.05) is 24.1 Å². The maximum atomic E-state index is 11.4. The summed E-state index contributed by atoms with van der Waals surface area (Å²) in [5.74, 6) is 1.38. The van der Waals surface area contributed by atoms with Gasteiger partial charge in [-0.3, -0.25) is 9.69 Å². The molecule has 0 radical (unpaired) electrons. The summed E-state index contributed by atoms with van der Waals surface area (Å²) in [5.41, 5.74) is 0.331. The Morgan fingerprint density at radius 2 is 2.13 bits per heavy atom. The van der Waals surface area contributed by atoms with Crippen molar-refractivity contribution in [2.45, 2.75) is 44.6 Å². The molecule has 1 aromatic rings. The van der Waals surface area contributed by atoms with Crippen LogP contribution in [0.1, 0.15) is 43.6 Å². The van der Waals surface area contributed by atoms with Crippen LogP contribution in [0.15, 0.2) is 12.3 Å². The molecule has 3 heterocycles. The molecule has 1 N–H and O–H groups in total. The lowest BCUT2D eigenvalue weighted by Crippen LogP contribution is -2.51. The minimum Gasteiger partial charge on any atom is -0.388 e. The van der Waals surface area contributed by atoms with Crippen molar-refractivity contribution in [1.29, 1.82) is 0 Å². The molecule has 6 heteroatoms. The Morgan fingerprint density at radius 1 is 1.39 bits per heavy atom. The first-order valence-corrected chi connectivity index (χ1v) is 8.45. The van der Waals surface area contributed by atoms with E-state index in [4.69, 9.17) is 0 Å². The molecule has 3 rings (SSSR count). The molecule has 2 aliphatic heterocycles. The molecule has 2 fully saturated rings. The van der Waals surface area contributed by atoms with E-state index >= 15 is 0 Å². The number of likely N-dealkylation sites (tertiary alicyclic amines) is 2. The largest absolute Gasteiger partial charge is 0.388 e. The number of carbonyl (C=O) groups excluding carboxylic acids is 1. The van der Waals surface area contributed by atoms with Gasteiger partial charge in [0.2, 0.25) is 5.91 Å². The molecule has 1 aromatic heterocycles. The summed E-state index contributed by atoms with van der Waals surface area (Å²) >= 11 is 0. The van der Waals surface area contributed by atoms with E-state index in [-0.39, 0.29) is 5.91 Å². The van der Waals surface area contributed by atoms with Crippen LogP contribution >= 0.6 is 0 Å². The third-order valence-electron chi connectivity index (χ3n) is 5.11. The van der Waals surface area contributed by atoms with Gasteiger partial charge in [-0.15, -0.1) is 0 Å². The molecule has 126 valence electrons. The van der Waals surface area contributed by atoms with Gasteiger partial charge >= 0.3 is 0 Å². The lowest BCUT2D eigenvalue weighted by Gasteiger charge is -2.40. The van der Waals surface area contributed by atoms with Crippen molar-refractivity contribution >= 4 is 5.91 Å². The van der Waals surface area contributed by atoms with Crippen molar-refractivity contribution in [2.24, 2.45) is 0 Å². The minimum atomic E-state index is -0.672. The average Bonchev–Trinajstić information content (AvgIpc) is 2.95. The van der Waals surface area contributed by atoms with Gasteiger partial charge in [-0.05, 0) is 38.8 Å². The molecule has 2 saturated heterocycles. The zero-order chi connectivity index (χ0) is 16.4. The number of nitrogens with zero attached hydrogens (tertiary/aromatic N) is 4. The van der Waals surface area contributed by atoms with Crippen molar-refractivity contribution in [3.05, 3.63) is 23.8 Å². The third-order valence-corrected chi connectivity index (χ3v) is 5.11. The smallest absolute Gasteiger partial charge is 0.219 e. The van der Waals surface area contributed by atoms with E-state index in [9.17, 15) is 9.90 Å². The van der Waals surface area contributed by atoms with Crippen molar-refractivity contribution in [2.75, 3.05) is 32.7 Å². The highest BCUT2D eigenvalue weighted by atomic mass is 16.3. The van der Waals surface area contributed by atoms with Crippen LogP contribution in [-0.2, 0) is 4.79 Å². The molecule has 23 heavy (non-hydrogen) atoms. The summed E-state index contributed by atoms with van der Waals surface area (Å²) in [7, 11) is 0. The van der Waals surface area contributed by atoms with E-state index in [1.54, 1.807) is 6.92 Å². The molecule has 6 nitrogen and oxygen atoms in total. The van der Waals surface area contributed by atoms with E-state index in [1.165, 1.54) is 0 Å². The van der Waals surface area contributed by atoms with Crippen LogP contribution in [0.4, 0.5) is 0 Å². The second kappa shape index (κ2) is 6.53. The fourth-order valence-electron chi connectivity index (χ4n) is 3.66. The number of β-amino-alcohol motifs (C(OH)–C–C–N with tert-alkyl or cyclic N) is 1. The maximum absolute atomic E-state index is 11.4. The fourth-order valence-corrected chi connectivity index (χ4v) is 3.66. The number of aliphatic hydroxyl groups is 1. The summed E-state index contributed by atoms with van der Waals surface area (Å²) in [6.45, 7) is 7.46. The highest BCUT2D eigenvalue weighted by Gasteiger charge is 2.37. The van der Waals surface area contributed by atoms with Gasteiger partial charge in [-0.2, -0.15) is 0 Å². The number of aryl methyl sites for hydroxylation is 1. The summed E-state index contributed by atoms with van der Waals surface area (Å²) < 4.78 is 0. The van der Waals surface area contributed by atoms with E-state index in [0.29, 0.717) is 38.4 Å². The number of rotatable bonds is 3. The maximum Gasteiger partial charge on any atom is 0.219 e. The van der Waals surface area contributed by atoms with E-state index in [2.05, 4.69) is 14.9 Å². The first-order valence-electron chi connectivity index (χ1n) is 8.45. The number of piperidine rings is 1. The summed E-state index contributed by atoms with van der Waals surface area (Å²) in [6, 6.07) is 1.92. The Hall–Kier alpha value is -1.53. The average molecular weight is 318 g/mol. The second-order valence-corrected chi connectivity index (χ2v) is 7.01. The van der Waals surface area contributed by atoms with Gasteiger partial charge in [0.05, 0.1) is 5.60 Å². The summed E-state index contributed by atoms with van der Waals surface area (Å²) in [4.78, 5) is 24.5. The third kappa shape index (κ3) is 3.87. The summed E-state index contributed by atoms with van der Waals surface area (Å²) in [5, 5.41) is 10.8. The van der Waals surface area contributed by atoms with E-state index in [0.717, 1.165) is 31.0 Å². The molecule has 0 aromatic carbocycles. The van der Waals surface area contributed by atoms with Gasteiger partial charge < -0.3 is 10.0 Å². The fraction of sp³-hybridized carbons (Fsp3) is 0.706. The van der Waals surface area contributed by atoms with Crippen molar-refractivity contribution in [3.8, 4) is 0 Å². The highest BCUT2D eigenvalue weighted by molar-refractivity contribution is 5.73. The normalized spacial score (nSPS) is 24.8. The van der Waals surface area contributed by atoms with Gasteiger partial charge in [0.25, 0.3) is 0 Å². The predicted molar refractivity (Wildman–Crippen MR) is 87.0 cm³/mol. The standard InChI is InChI=1S/C17H26N4O2/c1-13-3-7-18-16(19-13)15-4-8-20(11-15)12-17(23)5-9-21(10-6-17)14(2)22/h3,7,15,23H,4-6,8-12H2,1-2H3/t15-/m0/s1. The van der Waals surface area contributed by atoms with Crippen LogP contribution in [0, 0.1) is 6.92 Å². The number of carbonyl (C=O) groups is 1. The molecule has 0 bridgehead atoms. The molecular weight excluding hydrogens is 292 g/mol.